The highest BCUT2D eigenvalue weighted by Crippen LogP contribution is 2.20. The van der Waals surface area contributed by atoms with Crippen LogP contribution in [-0.4, -0.2) is 28.6 Å². The summed E-state index contributed by atoms with van der Waals surface area (Å²) in [5.41, 5.74) is 6.50. The van der Waals surface area contributed by atoms with Gasteiger partial charge in [0.05, 0.1) is 12.7 Å². The Hall–Kier alpha value is -1.36. The number of amides is 1. The molecule has 0 aliphatic carbocycles. The number of hydrogen-bond acceptors (Lipinski definition) is 4. The van der Waals surface area contributed by atoms with Crippen molar-refractivity contribution in [2.75, 3.05) is 6.54 Å². The largest absolute Gasteiger partial charge is 0.364 e. The molecule has 1 aliphatic heterocycles. The number of hydrogen-bond donors (Lipinski definition) is 1. The molecule has 1 saturated heterocycles. The van der Waals surface area contributed by atoms with E-state index in [2.05, 4.69) is 5.16 Å². The monoisotopic (exact) mass is 195 g/mol. The first kappa shape index (κ1) is 9.21. The van der Waals surface area contributed by atoms with E-state index < -0.39 is 0 Å². The fourth-order valence-electron chi connectivity index (χ4n) is 1.76. The van der Waals surface area contributed by atoms with Crippen molar-refractivity contribution in [2.45, 2.75) is 25.4 Å². The van der Waals surface area contributed by atoms with Gasteiger partial charge in [0.25, 0.3) is 0 Å². The van der Waals surface area contributed by atoms with Crippen molar-refractivity contribution in [1.29, 1.82) is 0 Å². The minimum Gasteiger partial charge on any atom is -0.364 e. The number of carbonyl (C=O) groups excluding carboxylic acids is 1. The summed E-state index contributed by atoms with van der Waals surface area (Å²) < 4.78 is 4.71. The third-order valence-electron chi connectivity index (χ3n) is 2.56. The number of likely N-dealkylation sites (tertiary alicyclic amines) is 1. The lowest BCUT2D eigenvalue weighted by molar-refractivity contribution is -0.129. The first-order valence-electron chi connectivity index (χ1n) is 4.69. The Balaban J connectivity index is 2.05. The molecule has 2 rings (SSSR count). The van der Waals surface area contributed by atoms with E-state index in [0.717, 1.165) is 12.0 Å². The molecule has 1 amide bonds. The van der Waals surface area contributed by atoms with Crippen LogP contribution in [0.1, 0.15) is 18.4 Å². The quantitative estimate of drug-likeness (QED) is 0.743. The van der Waals surface area contributed by atoms with E-state index in [4.69, 9.17) is 10.3 Å². The van der Waals surface area contributed by atoms with E-state index in [0.29, 0.717) is 19.5 Å². The first-order valence-corrected chi connectivity index (χ1v) is 4.69. The van der Waals surface area contributed by atoms with Crippen molar-refractivity contribution >= 4 is 5.91 Å². The molecule has 2 heterocycles. The van der Waals surface area contributed by atoms with Gasteiger partial charge in [0, 0.05) is 24.6 Å². The molecule has 0 radical (unpaired) electrons. The summed E-state index contributed by atoms with van der Waals surface area (Å²) >= 11 is 0. The van der Waals surface area contributed by atoms with Crippen molar-refractivity contribution in [1.82, 2.24) is 10.1 Å². The molecule has 5 heteroatoms. The van der Waals surface area contributed by atoms with Crippen LogP contribution in [0, 0.1) is 0 Å². The Morgan fingerprint density at radius 2 is 2.57 bits per heavy atom. The Labute approximate surface area is 81.8 Å². The van der Waals surface area contributed by atoms with Crippen LogP contribution in [0.5, 0.6) is 0 Å². The smallest absolute Gasteiger partial charge is 0.223 e. The summed E-state index contributed by atoms with van der Waals surface area (Å²) in [4.78, 5) is 13.3. The average Bonchev–Trinajstić information content (AvgIpc) is 2.79. The van der Waals surface area contributed by atoms with Gasteiger partial charge in [0.2, 0.25) is 5.91 Å². The molecule has 1 unspecified atom stereocenters. The second-order valence-electron chi connectivity index (χ2n) is 3.48. The van der Waals surface area contributed by atoms with E-state index in [1.54, 1.807) is 17.4 Å². The number of carbonyl (C=O) groups is 1. The summed E-state index contributed by atoms with van der Waals surface area (Å²) in [6.45, 7) is 1.08. The molecule has 1 aliphatic rings. The molecule has 2 N–H and O–H groups in total. The van der Waals surface area contributed by atoms with E-state index >= 15 is 0 Å². The summed E-state index contributed by atoms with van der Waals surface area (Å²) in [6, 6.07) is 0.178. The zero-order valence-corrected chi connectivity index (χ0v) is 7.85. The van der Waals surface area contributed by atoms with Crippen molar-refractivity contribution in [3.63, 3.8) is 0 Å². The number of nitrogens with two attached hydrogens (primary N) is 1. The maximum Gasteiger partial charge on any atom is 0.223 e. The third-order valence-corrected chi connectivity index (χ3v) is 2.56. The summed E-state index contributed by atoms with van der Waals surface area (Å²) in [7, 11) is 0. The minimum atomic E-state index is 0.168. The molecule has 1 atom stereocenters. The third kappa shape index (κ3) is 1.63. The molecular formula is C9H13N3O2. The standard InChI is InChI=1S/C9H13N3O2/c10-3-8-1-2-9(13)12(8)5-7-4-11-14-6-7/h4,6,8H,1-3,5,10H2. The molecule has 0 saturated carbocycles. The van der Waals surface area contributed by atoms with Crippen LogP contribution < -0.4 is 5.73 Å². The predicted octanol–water partition coefficient (Wildman–Crippen LogP) is 0.124. The molecule has 1 fully saturated rings. The van der Waals surface area contributed by atoms with Crippen molar-refractivity contribution in [3.05, 3.63) is 18.0 Å². The predicted molar refractivity (Wildman–Crippen MR) is 49.1 cm³/mol. The van der Waals surface area contributed by atoms with Crippen LogP contribution in [0.3, 0.4) is 0 Å². The van der Waals surface area contributed by atoms with Crippen LogP contribution in [0.4, 0.5) is 0 Å². The Kier molecular flexibility index (Phi) is 2.49. The van der Waals surface area contributed by atoms with Crippen LogP contribution in [-0.2, 0) is 11.3 Å². The number of nitrogens with zero attached hydrogens (tertiary/aromatic N) is 2. The lowest BCUT2D eigenvalue weighted by atomic mass is 10.2. The van der Waals surface area contributed by atoms with E-state index in [9.17, 15) is 4.79 Å². The zero-order valence-electron chi connectivity index (χ0n) is 7.85. The molecular weight excluding hydrogens is 182 g/mol. The Morgan fingerprint density at radius 3 is 3.21 bits per heavy atom. The molecule has 0 bridgehead atoms. The average molecular weight is 195 g/mol. The lowest BCUT2D eigenvalue weighted by Gasteiger charge is -2.22. The fraction of sp³-hybridized carbons (Fsp3) is 0.556. The molecule has 0 aromatic carbocycles. The second kappa shape index (κ2) is 3.79. The Morgan fingerprint density at radius 1 is 1.71 bits per heavy atom. The second-order valence-corrected chi connectivity index (χ2v) is 3.48. The summed E-state index contributed by atoms with van der Waals surface area (Å²) in [5.74, 6) is 0.168. The van der Waals surface area contributed by atoms with Crippen molar-refractivity contribution in [2.24, 2.45) is 5.73 Å². The SMILES string of the molecule is NCC1CCC(=O)N1Cc1cnoc1. The van der Waals surface area contributed by atoms with Gasteiger partial charge >= 0.3 is 0 Å². The maximum atomic E-state index is 11.5. The highest BCUT2D eigenvalue weighted by Gasteiger charge is 2.29. The van der Waals surface area contributed by atoms with Gasteiger partial charge in [-0.1, -0.05) is 5.16 Å². The van der Waals surface area contributed by atoms with Crippen LogP contribution in [0.2, 0.25) is 0 Å². The van der Waals surface area contributed by atoms with Gasteiger partial charge in [0.1, 0.15) is 6.26 Å². The highest BCUT2D eigenvalue weighted by molar-refractivity contribution is 5.78. The topological polar surface area (TPSA) is 72.4 Å². The molecule has 14 heavy (non-hydrogen) atoms. The number of aromatic nitrogens is 1. The molecule has 5 nitrogen and oxygen atoms in total. The van der Waals surface area contributed by atoms with Crippen LogP contribution >= 0.6 is 0 Å². The molecule has 1 aromatic heterocycles. The van der Waals surface area contributed by atoms with Gasteiger partial charge in [-0.2, -0.15) is 0 Å². The van der Waals surface area contributed by atoms with Gasteiger partial charge in [-0.05, 0) is 6.42 Å². The minimum absolute atomic E-state index is 0.168. The van der Waals surface area contributed by atoms with Gasteiger partial charge in [0.15, 0.2) is 0 Å². The first-order chi connectivity index (χ1) is 6.81. The molecule has 0 spiro atoms. The van der Waals surface area contributed by atoms with E-state index in [-0.39, 0.29) is 11.9 Å². The van der Waals surface area contributed by atoms with Gasteiger partial charge in [-0.15, -0.1) is 0 Å². The number of rotatable bonds is 3. The van der Waals surface area contributed by atoms with Crippen molar-refractivity contribution < 1.29 is 9.32 Å². The zero-order chi connectivity index (χ0) is 9.97. The van der Waals surface area contributed by atoms with Crippen LogP contribution in [0.25, 0.3) is 0 Å². The fourth-order valence-corrected chi connectivity index (χ4v) is 1.76. The van der Waals surface area contributed by atoms with E-state index in [1.165, 1.54) is 0 Å². The highest BCUT2D eigenvalue weighted by atomic mass is 16.5. The Bertz CT molecular complexity index is 310. The van der Waals surface area contributed by atoms with Gasteiger partial charge in [-0.25, -0.2) is 0 Å². The lowest BCUT2D eigenvalue weighted by Crippen LogP contribution is -2.37. The molecule has 1 aromatic rings. The van der Waals surface area contributed by atoms with Crippen LogP contribution in [0.15, 0.2) is 17.0 Å². The van der Waals surface area contributed by atoms with Gasteiger partial charge < -0.3 is 15.2 Å². The van der Waals surface area contributed by atoms with E-state index in [1.807, 2.05) is 0 Å². The maximum absolute atomic E-state index is 11.5. The molecule has 76 valence electrons. The summed E-state index contributed by atoms with van der Waals surface area (Å²) in [6.07, 6.45) is 4.64. The normalized spacial score (nSPS) is 21.9. The van der Waals surface area contributed by atoms with Crippen molar-refractivity contribution in [3.8, 4) is 0 Å². The summed E-state index contributed by atoms with van der Waals surface area (Å²) in [5, 5.41) is 3.60. The van der Waals surface area contributed by atoms with Gasteiger partial charge in [-0.3, -0.25) is 4.79 Å².